The van der Waals surface area contributed by atoms with Crippen molar-refractivity contribution in [3.8, 4) is 0 Å². The summed E-state index contributed by atoms with van der Waals surface area (Å²) in [6.45, 7) is 10.6. The van der Waals surface area contributed by atoms with E-state index >= 15 is 0 Å². The second-order valence-corrected chi connectivity index (χ2v) is 12.7. The Morgan fingerprint density at radius 2 is 1.69 bits per heavy atom. The normalized spacial score (nSPS) is 21.5. The summed E-state index contributed by atoms with van der Waals surface area (Å²) >= 11 is 6.13. The predicted octanol–water partition coefficient (Wildman–Crippen LogP) is 6.10. The Hall–Kier alpha value is -2.93. The number of benzene rings is 3. The number of rotatable bonds is 9. The van der Waals surface area contributed by atoms with E-state index in [1.165, 1.54) is 5.56 Å². The maximum Gasteiger partial charge on any atom is 0.251 e. The van der Waals surface area contributed by atoms with Crippen LogP contribution in [0.1, 0.15) is 68.3 Å². The molecule has 2 fully saturated rings. The quantitative estimate of drug-likeness (QED) is 0.317. The Morgan fingerprint density at radius 3 is 2.40 bits per heavy atom. The molecule has 7 heteroatoms. The van der Waals surface area contributed by atoms with Crippen LogP contribution in [0.3, 0.4) is 0 Å². The van der Waals surface area contributed by atoms with Crippen molar-refractivity contribution in [3.63, 3.8) is 0 Å². The first-order chi connectivity index (χ1) is 20.3. The summed E-state index contributed by atoms with van der Waals surface area (Å²) in [5, 5.41) is 9.58. The van der Waals surface area contributed by atoms with E-state index in [9.17, 15) is 9.59 Å². The van der Waals surface area contributed by atoms with Crippen LogP contribution in [0.25, 0.3) is 10.8 Å². The molecule has 2 heterocycles. The van der Waals surface area contributed by atoms with Crippen molar-refractivity contribution in [2.45, 2.75) is 70.5 Å². The molecule has 42 heavy (non-hydrogen) atoms. The molecular weight excluding hydrogens is 544 g/mol. The van der Waals surface area contributed by atoms with Crippen molar-refractivity contribution in [2.75, 3.05) is 32.7 Å². The predicted molar refractivity (Wildman–Crippen MR) is 172 cm³/mol. The highest BCUT2D eigenvalue weighted by molar-refractivity contribution is 6.31. The third-order valence-corrected chi connectivity index (χ3v) is 9.53. The van der Waals surface area contributed by atoms with Crippen LogP contribution in [0.5, 0.6) is 0 Å². The van der Waals surface area contributed by atoms with Crippen LogP contribution in [0, 0.1) is 5.92 Å². The van der Waals surface area contributed by atoms with Gasteiger partial charge < -0.3 is 20.4 Å². The third kappa shape index (κ3) is 7.34. The molecule has 5 rings (SSSR count). The molecule has 0 aliphatic carbocycles. The van der Waals surface area contributed by atoms with E-state index in [2.05, 4.69) is 65.5 Å². The summed E-state index contributed by atoms with van der Waals surface area (Å²) in [5.74, 6) is 0.709. The van der Waals surface area contributed by atoms with Gasteiger partial charge in [0.15, 0.2) is 0 Å². The van der Waals surface area contributed by atoms with Gasteiger partial charge in [0.1, 0.15) is 0 Å². The van der Waals surface area contributed by atoms with Gasteiger partial charge in [0, 0.05) is 48.2 Å². The molecule has 0 saturated carbocycles. The molecular formula is C35H45ClN4O2. The molecule has 0 spiro atoms. The lowest BCUT2D eigenvalue weighted by Gasteiger charge is -2.39. The first-order valence-electron chi connectivity index (χ1n) is 15.6. The maximum absolute atomic E-state index is 14.1. The fourth-order valence-electron chi connectivity index (χ4n) is 6.61. The number of nitrogens with one attached hydrogen (secondary N) is 2. The van der Waals surface area contributed by atoms with Crippen LogP contribution in [0.2, 0.25) is 5.02 Å². The number of piperidine rings is 1. The van der Waals surface area contributed by atoms with Gasteiger partial charge in [-0.3, -0.25) is 9.59 Å². The lowest BCUT2D eigenvalue weighted by atomic mass is 9.87. The van der Waals surface area contributed by atoms with Crippen LogP contribution in [0.15, 0.2) is 66.7 Å². The van der Waals surface area contributed by atoms with Gasteiger partial charge in [-0.2, -0.15) is 0 Å². The zero-order valence-electron chi connectivity index (χ0n) is 25.2. The monoisotopic (exact) mass is 588 g/mol. The molecule has 6 nitrogen and oxygen atoms in total. The zero-order chi connectivity index (χ0) is 29.6. The number of carbonyl (C=O) groups excluding carboxylic acids is 2. The number of hydrogen-bond acceptors (Lipinski definition) is 4. The lowest BCUT2D eigenvalue weighted by molar-refractivity contribution is -0.134. The minimum atomic E-state index is -0.234. The average Bonchev–Trinajstić information content (AvgIpc) is 3.17. The van der Waals surface area contributed by atoms with Gasteiger partial charge in [-0.15, -0.1) is 0 Å². The first kappa shape index (κ1) is 30.5. The molecule has 2 saturated heterocycles. The Labute approximate surface area is 255 Å². The molecule has 0 radical (unpaired) electrons. The second kappa shape index (κ2) is 14.0. The van der Waals surface area contributed by atoms with Crippen LogP contribution in [0.4, 0.5) is 0 Å². The second-order valence-electron chi connectivity index (χ2n) is 12.3. The maximum atomic E-state index is 14.1. The molecule has 0 aromatic heterocycles. The minimum absolute atomic E-state index is 0.0205. The van der Waals surface area contributed by atoms with Gasteiger partial charge in [0.2, 0.25) is 5.91 Å². The van der Waals surface area contributed by atoms with Crippen molar-refractivity contribution in [3.05, 3.63) is 82.9 Å². The molecule has 3 atom stereocenters. The summed E-state index contributed by atoms with van der Waals surface area (Å²) < 4.78 is 0. The topological polar surface area (TPSA) is 64.7 Å². The van der Waals surface area contributed by atoms with Crippen molar-refractivity contribution in [1.82, 2.24) is 20.4 Å². The number of halogens is 1. The average molecular weight is 589 g/mol. The van der Waals surface area contributed by atoms with Crippen LogP contribution < -0.4 is 10.6 Å². The number of carbonyl (C=O) groups is 2. The van der Waals surface area contributed by atoms with E-state index < -0.39 is 0 Å². The van der Waals surface area contributed by atoms with E-state index in [-0.39, 0.29) is 29.8 Å². The number of hydrogen-bond donors (Lipinski definition) is 2. The summed E-state index contributed by atoms with van der Waals surface area (Å²) in [6.07, 6.45) is 3.79. The van der Waals surface area contributed by atoms with E-state index in [4.69, 9.17) is 11.6 Å². The standard InChI is InChI=1S/C35H45ClN4O2/c1-4-25(26-8-6-5-7-9-26)23-40-19-16-32(38-33(35(40)42)27-14-17-39(18-15-27)24(2)3)22-37-34(41)30-11-10-29-21-31(36)13-12-28(29)20-30/h5-13,20-21,24-25,27,32-33,38H,4,14-19,22-23H2,1-3H3,(H,37,41). The largest absolute Gasteiger partial charge is 0.350 e. The molecule has 2 amide bonds. The van der Waals surface area contributed by atoms with E-state index in [0.29, 0.717) is 35.6 Å². The summed E-state index contributed by atoms with van der Waals surface area (Å²) in [4.78, 5) is 31.9. The van der Waals surface area contributed by atoms with Crippen molar-refractivity contribution in [2.24, 2.45) is 5.92 Å². The van der Waals surface area contributed by atoms with Gasteiger partial charge in [-0.25, -0.2) is 0 Å². The molecule has 2 aliphatic rings. The summed E-state index contributed by atoms with van der Waals surface area (Å²) in [6, 6.07) is 22.2. The molecule has 3 aromatic rings. The highest BCUT2D eigenvalue weighted by Crippen LogP contribution is 2.28. The van der Waals surface area contributed by atoms with Crippen molar-refractivity contribution in [1.29, 1.82) is 0 Å². The molecule has 224 valence electrons. The smallest absolute Gasteiger partial charge is 0.251 e. The summed E-state index contributed by atoms with van der Waals surface area (Å²) in [7, 11) is 0. The Balaban J connectivity index is 1.29. The molecule has 0 bridgehead atoms. The SMILES string of the molecule is CCC(CN1CCC(CNC(=O)c2ccc3cc(Cl)ccc3c2)NC(C2CCN(C(C)C)CC2)C1=O)c1ccccc1. The fraction of sp³-hybridized carbons (Fsp3) is 0.486. The van der Waals surface area contributed by atoms with E-state index in [1.807, 2.05) is 42.5 Å². The van der Waals surface area contributed by atoms with Crippen molar-refractivity contribution >= 4 is 34.2 Å². The van der Waals surface area contributed by atoms with Crippen molar-refractivity contribution < 1.29 is 9.59 Å². The van der Waals surface area contributed by atoms with E-state index in [0.717, 1.165) is 56.1 Å². The van der Waals surface area contributed by atoms with Gasteiger partial charge in [0.25, 0.3) is 5.91 Å². The molecule has 3 aromatic carbocycles. The Morgan fingerprint density at radius 1 is 0.976 bits per heavy atom. The minimum Gasteiger partial charge on any atom is -0.350 e. The zero-order valence-corrected chi connectivity index (χ0v) is 25.9. The van der Waals surface area contributed by atoms with Gasteiger partial charge in [-0.05, 0) is 99.1 Å². The molecule has 3 unspecified atom stereocenters. The molecule has 2 aliphatic heterocycles. The lowest BCUT2D eigenvalue weighted by Crippen LogP contribution is -2.55. The highest BCUT2D eigenvalue weighted by Gasteiger charge is 2.38. The fourth-order valence-corrected chi connectivity index (χ4v) is 6.79. The summed E-state index contributed by atoms with van der Waals surface area (Å²) in [5.41, 5.74) is 1.91. The first-order valence-corrected chi connectivity index (χ1v) is 16.0. The highest BCUT2D eigenvalue weighted by atomic mass is 35.5. The van der Waals surface area contributed by atoms with Crippen LogP contribution in [-0.4, -0.2) is 72.5 Å². The van der Waals surface area contributed by atoms with Gasteiger partial charge in [-0.1, -0.05) is 61.0 Å². The Kier molecular flexibility index (Phi) is 10.2. The number of nitrogens with zero attached hydrogens (tertiary/aromatic N) is 2. The van der Waals surface area contributed by atoms with E-state index in [1.54, 1.807) is 0 Å². The van der Waals surface area contributed by atoms with Crippen LogP contribution in [-0.2, 0) is 4.79 Å². The number of fused-ring (bicyclic) bond motifs is 1. The third-order valence-electron chi connectivity index (χ3n) is 9.29. The van der Waals surface area contributed by atoms with Gasteiger partial charge >= 0.3 is 0 Å². The van der Waals surface area contributed by atoms with Crippen LogP contribution >= 0.6 is 11.6 Å². The van der Waals surface area contributed by atoms with Gasteiger partial charge in [0.05, 0.1) is 6.04 Å². The molecule has 2 N–H and O–H groups in total. The Bertz CT molecular complexity index is 1360. The number of amides is 2. The number of likely N-dealkylation sites (tertiary alicyclic amines) is 1.